The zero-order valence-electron chi connectivity index (χ0n) is 15.8. The average molecular weight is 395 g/mol. The number of fused-ring (bicyclic) bond motifs is 3. The number of rotatable bonds is 6. The maximum Gasteiger partial charge on any atom is 0.240 e. The van der Waals surface area contributed by atoms with E-state index in [4.69, 9.17) is 0 Å². The number of nitrogens with zero attached hydrogens (tertiary/aromatic N) is 4. The van der Waals surface area contributed by atoms with Crippen LogP contribution in [-0.4, -0.2) is 34.8 Å². The molecule has 0 aliphatic carbocycles. The summed E-state index contributed by atoms with van der Waals surface area (Å²) in [5.74, 6) is 0.509. The molecule has 7 nitrogen and oxygen atoms in total. The molecule has 0 fully saturated rings. The van der Waals surface area contributed by atoms with E-state index in [1.807, 2.05) is 44.2 Å². The van der Waals surface area contributed by atoms with Crippen molar-refractivity contribution in [2.24, 2.45) is 0 Å². The van der Waals surface area contributed by atoms with E-state index in [0.29, 0.717) is 23.6 Å². The fraction of sp³-hybridized carbons (Fsp3) is 0.250. The van der Waals surface area contributed by atoms with Crippen LogP contribution in [0.1, 0.15) is 25.5 Å². The van der Waals surface area contributed by atoms with Crippen LogP contribution in [0.4, 0.5) is 0 Å². The van der Waals surface area contributed by atoms with Crippen molar-refractivity contribution in [3.05, 3.63) is 54.2 Å². The molecule has 0 amide bonds. The molecule has 0 aliphatic heterocycles. The molecular formula is C20H21N5O2S. The van der Waals surface area contributed by atoms with E-state index in [1.165, 1.54) is 0 Å². The summed E-state index contributed by atoms with van der Waals surface area (Å²) < 4.78 is 29.4. The van der Waals surface area contributed by atoms with Gasteiger partial charge in [-0.3, -0.25) is 0 Å². The van der Waals surface area contributed by atoms with E-state index in [2.05, 4.69) is 20.0 Å². The highest BCUT2D eigenvalue weighted by Crippen LogP contribution is 2.25. The van der Waals surface area contributed by atoms with Crippen LogP contribution in [0.3, 0.4) is 0 Å². The highest BCUT2D eigenvalue weighted by atomic mass is 32.2. The molecule has 0 unspecified atom stereocenters. The van der Waals surface area contributed by atoms with Gasteiger partial charge in [0.05, 0.1) is 10.6 Å². The Bertz CT molecular complexity index is 1260. The molecule has 28 heavy (non-hydrogen) atoms. The molecule has 0 atom stereocenters. The van der Waals surface area contributed by atoms with Crippen LogP contribution < -0.4 is 4.72 Å². The predicted molar refractivity (Wildman–Crippen MR) is 109 cm³/mol. The van der Waals surface area contributed by atoms with Crippen molar-refractivity contribution in [2.45, 2.75) is 31.6 Å². The van der Waals surface area contributed by atoms with Gasteiger partial charge < -0.3 is 0 Å². The van der Waals surface area contributed by atoms with Gasteiger partial charge in [-0.25, -0.2) is 13.1 Å². The van der Waals surface area contributed by atoms with E-state index in [9.17, 15) is 8.42 Å². The number of aryl methyl sites for hydroxylation is 1. The van der Waals surface area contributed by atoms with Crippen LogP contribution in [0, 0.1) is 6.92 Å². The lowest BCUT2D eigenvalue weighted by Crippen LogP contribution is -2.24. The molecular weight excluding hydrogens is 374 g/mol. The second kappa shape index (κ2) is 7.29. The normalized spacial score (nSPS) is 12.1. The highest BCUT2D eigenvalue weighted by Gasteiger charge is 2.17. The molecule has 0 saturated carbocycles. The maximum atomic E-state index is 12.6. The van der Waals surface area contributed by atoms with Gasteiger partial charge in [-0.05, 0) is 25.5 Å². The van der Waals surface area contributed by atoms with E-state index in [-0.39, 0.29) is 4.90 Å². The van der Waals surface area contributed by atoms with Crippen molar-refractivity contribution in [1.29, 1.82) is 0 Å². The third kappa shape index (κ3) is 3.25. The average Bonchev–Trinajstić information content (AvgIpc) is 3.12. The summed E-state index contributed by atoms with van der Waals surface area (Å²) in [6.45, 7) is 4.37. The second-order valence-corrected chi connectivity index (χ2v) is 8.44. The van der Waals surface area contributed by atoms with Crippen LogP contribution >= 0.6 is 0 Å². The summed E-state index contributed by atoms with van der Waals surface area (Å²) in [6, 6.07) is 14.6. The van der Waals surface area contributed by atoms with Crippen molar-refractivity contribution in [3.8, 4) is 11.4 Å². The Morgan fingerprint density at radius 3 is 2.61 bits per heavy atom. The monoisotopic (exact) mass is 395 g/mol. The minimum atomic E-state index is -3.57. The first-order chi connectivity index (χ1) is 13.5. The smallest absolute Gasteiger partial charge is 0.211 e. The molecule has 0 aliphatic rings. The summed E-state index contributed by atoms with van der Waals surface area (Å²) in [4.78, 5) is 0.204. The SMILES string of the molecule is CCCCNS(=O)(=O)c1cccc(-c2nnc3c4ccccc4c(C)nn23)c1. The molecule has 8 heteroatoms. The Morgan fingerprint density at radius 1 is 1.04 bits per heavy atom. The number of hydrogen-bond donors (Lipinski definition) is 1. The van der Waals surface area contributed by atoms with E-state index in [1.54, 1.807) is 22.7 Å². The first-order valence-corrected chi connectivity index (χ1v) is 10.7. The Hall–Kier alpha value is -2.84. The van der Waals surface area contributed by atoms with Crippen molar-refractivity contribution in [1.82, 2.24) is 24.5 Å². The zero-order valence-corrected chi connectivity index (χ0v) is 16.6. The molecule has 2 aromatic heterocycles. The van der Waals surface area contributed by atoms with Crippen molar-refractivity contribution >= 4 is 26.4 Å². The largest absolute Gasteiger partial charge is 0.240 e. The number of aromatic nitrogens is 4. The predicted octanol–water partition coefficient (Wildman–Crippen LogP) is 3.33. The molecule has 2 aromatic carbocycles. The lowest BCUT2D eigenvalue weighted by atomic mass is 10.1. The van der Waals surface area contributed by atoms with Gasteiger partial charge in [0, 0.05) is 22.9 Å². The van der Waals surface area contributed by atoms with E-state index < -0.39 is 10.0 Å². The fourth-order valence-electron chi connectivity index (χ4n) is 3.19. The Labute approximate surface area is 163 Å². The van der Waals surface area contributed by atoms with Gasteiger partial charge in [0.25, 0.3) is 0 Å². The Kier molecular flexibility index (Phi) is 4.82. The lowest BCUT2D eigenvalue weighted by Gasteiger charge is -2.08. The minimum absolute atomic E-state index is 0.204. The first-order valence-electron chi connectivity index (χ1n) is 9.22. The standard InChI is InChI=1S/C20H21N5O2S/c1-3-4-12-21-28(26,27)16-9-7-8-15(13-16)19-22-23-20-18-11-6-5-10-17(18)14(2)24-25(19)20/h5-11,13,21H,3-4,12H2,1-2H3. The van der Waals surface area contributed by atoms with E-state index >= 15 is 0 Å². The van der Waals surface area contributed by atoms with Crippen LogP contribution in [-0.2, 0) is 10.0 Å². The van der Waals surface area contributed by atoms with Gasteiger partial charge in [0.15, 0.2) is 11.5 Å². The summed E-state index contributed by atoms with van der Waals surface area (Å²) in [7, 11) is -3.57. The van der Waals surface area contributed by atoms with Crippen LogP contribution in [0.2, 0.25) is 0 Å². The molecule has 0 spiro atoms. The van der Waals surface area contributed by atoms with Crippen molar-refractivity contribution in [3.63, 3.8) is 0 Å². The fourth-order valence-corrected chi connectivity index (χ4v) is 4.31. The number of sulfonamides is 1. The molecule has 1 N–H and O–H groups in total. The summed E-state index contributed by atoms with van der Waals surface area (Å²) in [6.07, 6.45) is 1.72. The molecule has 2 heterocycles. The van der Waals surface area contributed by atoms with E-state index in [0.717, 1.165) is 29.3 Å². The topological polar surface area (TPSA) is 89.2 Å². The van der Waals surface area contributed by atoms with Crippen LogP contribution in [0.5, 0.6) is 0 Å². The quantitative estimate of drug-likeness (QED) is 0.506. The number of nitrogens with one attached hydrogen (secondary N) is 1. The van der Waals surface area contributed by atoms with Gasteiger partial charge in [0.2, 0.25) is 10.0 Å². The highest BCUT2D eigenvalue weighted by molar-refractivity contribution is 7.89. The third-order valence-electron chi connectivity index (χ3n) is 4.67. The van der Waals surface area contributed by atoms with Crippen LogP contribution in [0.25, 0.3) is 27.8 Å². The third-order valence-corrected chi connectivity index (χ3v) is 6.13. The van der Waals surface area contributed by atoms with Gasteiger partial charge >= 0.3 is 0 Å². The van der Waals surface area contributed by atoms with Gasteiger partial charge in [-0.1, -0.05) is 49.7 Å². The van der Waals surface area contributed by atoms with Gasteiger partial charge in [0.1, 0.15) is 0 Å². The number of hydrogen-bond acceptors (Lipinski definition) is 5. The Morgan fingerprint density at radius 2 is 1.82 bits per heavy atom. The van der Waals surface area contributed by atoms with Crippen molar-refractivity contribution in [2.75, 3.05) is 6.54 Å². The van der Waals surface area contributed by atoms with Crippen LogP contribution in [0.15, 0.2) is 53.4 Å². The molecule has 144 valence electrons. The second-order valence-electron chi connectivity index (χ2n) is 6.67. The lowest BCUT2D eigenvalue weighted by molar-refractivity contribution is 0.578. The zero-order chi connectivity index (χ0) is 19.7. The van der Waals surface area contributed by atoms with Gasteiger partial charge in [-0.2, -0.15) is 9.61 Å². The van der Waals surface area contributed by atoms with Gasteiger partial charge in [-0.15, -0.1) is 10.2 Å². The molecule has 4 rings (SSSR count). The maximum absolute atomic E-state index is 12.6. The molecule has 0 bridgehead atoms. The number of unbranched alkanes of at least 4 members (excludes halogenated alkanes) is 1. The Balaban J connectivity index is 1.81. The summed E-state index contributed by atoms with van der Waals surface area (Å²) in [5, 5.41) is 15.2. The summed E-state index contributed by atoms with van der Waals surface area (Å²) in [5.41, 5.74) is 2.15. The minimum Gasteiger partial charge on any atom is -0.211 e. The summed E-state index contributed by atoms with van der Waals surface area (Å²) >= 11 is 0. The molecule has 0 radical (unpaired) electrons. The molecule has 0 saturated heterocycles. The molecule has 4 aromatic rings. The first kappa shape index (κ1) is 18.5. The van der Waals surface area contributed by atoms with Crippen molar-refractivity contribution < 1.29 is 8.42 Å². The number of benzene rings is 2.